The van der Waals surface area contributed by atoms with Crippen LogP contribution >= 0.6 is 0 Å². The van der Waals surface area contributed by atoms with Crippen LogP contribution in [0, 0.1) is 0 Å². The first kappa shape index (κ1) is 13.1. The van der Waals surface area contributed by atoms with E-state index in [1.54, 1.807) is 6.26 Å². The monoisotopic (exact) mass is 250 g/mol. The maximum atomic E-state index is 11.9. The Morgan fingerprint density at radius 2 is 2.22 bits per heavy atom. The van der Waals surface area contributed by atoms with Gasteiger partial charge < -0.3 is 9.73 Å². The van der Waals surface area contributed by atoms with Gasteiger partial charge in [0.15, 0.2) is 0 Å². The molecular weight excluding hydrogens is 228 g/mol. The zero-order valence-corrected chi connectivity index (χ0v) is 11.3. The Kier molecular flexibility index (Phi) is 4.07. The van der Waals surface area contributed by atoms with Crippen LogP contribution in [0.2, 0.25) is 0 Å². The van der Waals surface area contributed by atoms with Gasteiger partial charge in [-0.25, -0.2) is 0 Å². The summed E-state index contributed by atoms with van der Waals surface area (Å²) in [7, 11) is 0. The van der Waals surface area contributed by atoms with Gasteiger partial charge in [-0.3, -0.25) is 10.1 Å². The molecule has 0 spiro atoms. The fraction of sp³-hybridized carbons (Fsp3) is 0.643. The average Bonchev–Trinajstić information content (AvgIpc) is 2.77. The van der Waals surface area contributed by atoms with Crippen molar-refractivity contribution in [3.05, 3.63) is 23.7 Å². The molecule has 0 radical (unpaired) electrons. The molecule has 0 bridgehead atoms. The molecule has 100 valence electrons. The maximum Gasteiger partial charge on any atom is 0.237 e. The van der Waals surface area contributed by atoms with E-state index < -0.39 is 0 Å². The predicted molar refractivity (Wildman–Crippen MR) is 70.3 cm³/mol. The number of hydrogen-bond acceptors (Lipinski definition) is 3. The number of amides is 1. The molecule has 2 unspecified atom stereocenters. The molecule has 0 aromatic carbocycles. The molecule has 0 saturated carbocycles. The molecular formula is C14H22N2O2. The second-order valence-electron chi connectivity index (χ2n) is 5.30. The third-order valence-corrected chi connectivity index (χ3v) is 3.33. The highest BCUT2D eigenvalue weighted by Gasteiger charge is 2.25. The molecule has 0 fully saturated rings. The fourth-order valence-corrected chi connectivity index (χ4v) is 2.45. The van der Waals surface area contributed by atoms with E-state index in [-0.39, 0.29) is 24.0 Å². The smallest absolute Gasteiger partial charge is 0.237 e. The van der Waals surface area contributed by atoms with Crippen LogP contribution in [-0.4, -0.2) is 18.0 Å². The molecule has 18 heavy (non-hydrogen) atoms. The van der Waals surface area contributed by atoms with Gasteiger partial charge in [0.1, 0.15) is 5.76 Å². The van der Waals surface area contributed by atoms with Crippen LogP contribution in [0.1, 0.15) is 51.0 Å². The minimum Gasteiger partial charge on any atom is -0.469 e. The summed E-state index contributed by atoms with van der Waals surface area (Å²) in [5.41, 5.74) is 1.21. The number of carbonyl (C=O) groups excluding carboxylic acids is 1. The van der Waals surface area contributed by atoms with Crippen molar-refractivity contribution in [1.29, 1.82) is 0 Å². The summed E-state index contributed by atoms with van der Waals surface area (Å²) >= 11 is 0. The van der Waals surface area contributed by atoms with E-state index >= 15 is 0 Å². The van der Waals surface area contributed by atoms with Crippen molar-refractivity contribution in [3.8, 4) is 0 Å². The predicted octanol–water partition coefficient (Wildman–Crippen LogP) is 2.16. The van der Waals surface area contributed by atoms with Gasteiger partial charge in [-0.1, -0.05) is 0 Å². The van der Waals surface area contributed by atoms with Gasteiger partial charge in [-0.05, 0) is 39.7 Å². The minimum absolute atomic E-state index is 0.0561. The van der Waals surface area contributed by atoms with Gasteiger partial charge in [-0.2, -0.15) is 0 Å². The van der Waals surface area contributed by atoms with Crippen molar-refractivity contribution in [3.63, 3.8) is 0 Å². The van der Waals surface area contributed by atoms with Crippen LogP contribution < -0.4 is 10.6 Å². The highest BCUT2D eigenvalue weighted by atomic mass is 16.3. The lowest BCUT2D eigenvalue weighted by Crippen LogP contribution is -2.46. The zero-order chi connectivity index (χ0) is 13.1. The van der Waals surface area contributed by atoms with Gasteiger partial charge >= 0.3 is 0 Å². The molecule has 4 heteroatoms. The second-order valence-corrected chi connectivity index (χ2v) is 5.30. The molecule has 2 N–H and O–H groups in total. The molecule has 1 amide bonds. The Morgan fingerprint density at radius 1 is 1.44 bits per heavy atom. The van der Waals surface area contributed by atoms with E-state index in [9.17, 15) is 4.79 Å². The molecule has 1 aromatic heterocycles. The number of rotatable bonds is 4. The molecule has 1 aliphatic rings. The van der Waals surface area contributed by atoms with Crippen LogP contribution in [0.15, 0.2) is 16.7 Å². The number of hydrogen-bond donors (Lipinski definition) is 2. The third kappa shape index (κ3) is 2.93. The zero-order valence-electron chi connectivity index (χ0n) is 11.3. The SMILES string of the molecule is CC(C)NC(=O)C(C)NC1CCCc2occc21. The first-order chi connectivity index (χ1) is 8.58. The second kappa shape index (κ2) is 5.57. The summed E-state index contributed by atoms with van der Waals surface area (Å²) < 4.78 is 5.45. The van der Waals surface area contributed by atoms with E-state index in [2.05, 4.69) is 10.6 Å². The van der Waals surface area contributed by atoms with Crippen molar-refractivity contribution in [2.75, 3.05) is 0 Å². The minimum atomic E-state index is -0.182. The van der Waals surface area contributed by atoms with Gasteiger partial charge in [-0.15, -0.1) is 0 Å². The van der Waals surface area contributed by atoms with E-state index in [0.717, 1.165) is 25.0 Å². The van der Waals surface area contributed by atoms with Crippen molar-refractivity contribution in [2.45, 2.75) is 58.2 Å². The number of furan rings is 1. The van der Waals surface area contributed by atoms with Gasteiger partial charge in [0.25, 0.3) is 0 Å². The van der Waals surface area contributed by atoms with Gasteiger partial charge in [0, 0.05) is 24.1 Å². The maximum absolute atomic E-state index is 11.9. The Balaban J connectivity index is 1.97. The molecule has 1 aromatic rings. The van der Waals surface area contributed by atoms with Crippen molar-refractivity contribution in [1.82, 2.24) is 10.6 Å². The lowest BCUT2D eigenvalue weighted by atomic mass is 9.93. The molecule has 2 atom stereocenters. The Bertz CT molecular complexity index is 412. The molecule has 1 heterocycles. The van der Waals surface area contributed by atoms with E-state index in [1.165, 1.54) is 5.56 Å². The number of aryl methyl sites for hydroxylation is 1. The van der Waals surface area contributed by atoms with E-state index in [4.69, 9.17) is 4.42 Å². The normalized spacial score (nSPS) is 20.6. The standard InChI is InChI=1S/C14H22N2O2/c1-9(2)15-14(17)10(3)16-12-5-4-6-13-11(12)7-8-18-13/h7-10,12,16H,4-6H2,1-3H3,(H,15,17). The summed E-state index contributed by atoms with van der Waals surface area (Å²) in [5, 5.41) is 6.32. The fourth-order valence-electron chi connectivity index (χ4n) is 2.45. The number of fused-ring (bicyclic) bond motifs is 1. The van der Waals surface area contributed by atoms with Crippen molar-refractivity contribution >= 4 is 5.91 Å². The molecule has 2 rings (SSSR count). The van der Waals surface area contributed by atoms with Gasteiger partial charge in [0.2, 0.25) is 5.91 Å². The summed E-state index contributed by atoms with van der Waals surface area (Å²) in [6.07, 6.45) is 4.92. The largest absolute Gasteiger partial charge is 0.469 e. The Hall–Kier alpha value is -1.29. The lowest BCUT2D eigenvalue weighted by Gasteiger charge is -2.26. The van der Waals surface area contributed by atoms with Crippen LogP contribution in [0.25, 0.3) is 0 Å². The summed E-state index contributed by atoms with van der Waals surface area (Å²) in [4.78, 5) is 11.9. The van der Waals surface area contributed by atoms with Crippen LogP contribution in [0.3, 0.4) is 0 Å². The molecule has 1 aliphatic carbocycles. The third-order valence-electron chi connectivity index (χ3n) is 3.33. The molecule has 0 aliphatic heterocycles. The molecule has 0 saturated heterocycles. The van der Waals surface area contributed by atoms with Crippen molar-refractivity contribution < 1.29 is 9.21 Å². The average molecular weight is 250 g/mol. The highest BCUT2D eigenvalue weighted by Crippen LogP contribution is 2.30. The van der Waals surface area contributed by atoms with Gasteiger partial charge in [0.05, 0.1) is 12.3 Å². The van der Waals surface area contributed by atoms with Crippen LogP contribution in [0.4, 0.5) is 0 Å². The van der Waals surface area contributed by atoms with Crippen molar-refractivity contribution in [2.24, 2.45) is 0 Å². The summed E-state index contributed by atoms with van der Waals surface area (Å²) in [5.74, 6) is 1.12. The summed E-state index contributed by atoms with van der Waals surface area (Å²) in [6, 6.07) is 2.25. The first-order valence-corrected chi connectivity index (χ1v) is 6.70. The van der Waals surface area contributed by atoms with Crippen LogP contribution in [-0.2, 0) is 11.2 Å². The summed E-state index contributed by atoms with van der Waals surface area (Å²) in [6.45, 7) is 5.85. The van der Waals surface area contributed by atoms with Crippen LogP contribution in [0.5, 0.6) is 0 Å². The number of nitrogens with one attached hydrogen (secondary N) is 2. The lowest BCUT2D eigenvalue weighted by molar-refractivity contribution is -0.123. The first-order valence-electron chi connectivity index (χ1n) is 6.70. The topological polar surface area (TPSA) is 54.3 Å². The van der Waals surface area contributed by atoms with E-state index in [0.29, 0.717) is 0 Å². The molecule has 4 nitrogen and oxygen atoms in total. The Morgan fingerprint density at radius 3 is 2.94 bits per heavy atom. The van der Waals surface area contributed by atoms with E-state index in [1.807, 2.05) is 26.8 Å². The highest BCUT2D eigenvalue weighted by molar-refractivity contribution is 5.81. The number of carbonyl (C=O) groups is 1. The quantitative estimate of drug-likeness (QED) is 0.861. The Labute approximate surface area is 108 Å².